The fraction of sp³-hybridized carbons (Fsp3) is 0.462. The topological polar surface area (TPSA) is 54.3 Å². The molecule has 0 aliphatic carbocycles. The molecule has 1 N–H and O–H groups in total. The van der Waals surface area contributed by atoms with Crippen LogP contribution in [0.1, 0.15) is 18.9 Å². The van der Waals surface area contributed by atoms with Crippen molar-refractivity contribution in [2.24, 2.45) is 0 Å². The first-order valence-corrected chi connectivity index (χ1v) is 5.95. The van der Waals surface area contributed by atoms with E-state index in [0.717, 1.165) is 5.56 Å². The standard InChI is InChI=1S/C13H16F2N2O2/c1-2-18-12-8-10(9-17-7-3-6-16)4-5-11(12)19-13(14)15/h4-5,8,13,17H,2-3,7,9H2,1H3. The van der Waals surface area contributed by atoms with Crippen LogP contribution in [-0.2, 0) is 6.54 Å². The zero-order chi connectivity index (χ0) is 14.1. The van der Waals surface area contributed by atoms with Gasteiger partial charge in [-0.2, -0.15) is 14.0 Å². The first-order chi connectivity index (χ1) is 9.17. The Balaban J connectivity index is 2.69. The highest BCUT2D eigenvalue weighted by atomic mass is 19.3. The molecule has 6 heteroatoms. The number of hydrogen-bond donors (Lipinski definition) is 1. The monoisotopic (exact) mass is 270 g/mol. The molecule has 0 heterocycles. The highest BCUT2D eigenvalue weighted by molar-refractivity contribution is 5.43. The van der Waals surface area contributed by atoms with Gasteiger partial charge in [-0.1, -0.05) is 6.07 Å². The van der Waals surface area contributed by atoms with E-state index in [9.17, 15) is 8.78 Å². The highest BCUT2D eigenvalue weighted by Crippen LogP contribution is 2.29. The van der Waals surface area contributed by atoms with Gasteiger partial charge in [0.05, 0.1) is 12.7 Å². The van der Waals surface area contributed by atoms with Crippen LogP contribution in [0.5, 0.6) is 11.5 Å². The second kappa shape index (κ2) is 8.27. The third-order valence-corrected chi connectivity index (χ3v) is 2.27. The summed E-state index contributed by atoms with van der Waals surface area (Å²) in [6, 6.07) is 6.82. The molecule has 0 aromatic heterocycles. The van der Waals surface area contributed by atoms with Gasteiger partial charge in [0.2, 0.25) is 0 Å². The third-order valence-electron chi connectivity index (χ3n) is 2.27. The number of ether oxygens (including phenoxy) is 2. The summed E-state index contributed by atoms with van der Waals surface area (Å²) in [6.07, 6.45) is 0.422. The minimum atomic E-state index is -2.88. The molecule has 4 nitrogen and oxygen atoms in total. The molecule has 1 rings (SSSR count). The molecule has 0 atom stereocenters. The summed E-state index contributed by atoms with van der Waals surface area (Å²) in [5.41, 5.74) is 0.878. The van der Waals surface area contributed by atoms with Crippen molar-refractivity contribution < 1.29 is 18.3 Å². The molecule has 0 radical (unpaired) electrons. The molecular formula is C13H16F2N2O2. The summed E-state index contributed by atoms with van der Waals surface area (Å²) < 4.78 is 34.1. The molecule has 0 amide bonds. The normalized spacial score (nSPS) is 10.3. The summed E-state index contributed by atoms with van der Waals surface area (Å²) >= 11 is 0. The average molecular weight is 270 g/mol. The first-order valence-electron chi connectivity index (χ1n) is 5.95. The molecule has 0 saturated carbocycles. The van der Waals surface area contributed by atoms with Gasteiger partial charge >= 0.3 is 6.61 Å². The van der Waals surface area contributed by atoms with Gasteiger partial charge in [0.15, 0.2) is 11.5 Å². The molecule has 19 heavy (non-hydrogen) atoms. The van der Waals surface area contributed by atoms with Gasteiger partial charge in [0.1, 0.15) is 0 Å². The summed E-state index contributed by atoms with van der Waals surface area (Å²) in [6.45, 7) is 0.375. The Morgan fingerprint density at radius 1 is 1.37 bits per heavy atom. The summed E-state index contributed by atoms with van der Waals surface area (Å²) in [5, 5.41) is 11.5. The molecule has 0 saturated heterocycles. The zero-order valence-electron chi connectivity index (χ0n) is 10.7. The van der Waals surface area contributed by atoms with E-state index in [4.69, 9.17) is 10.00 Å². The quantitative estimate of drug-likeness (QED) is 0.738. The van der Waals surface area contributed by atoms with Crippen LogP contribution >= 0.6 is 0 Å². The number of benzene rings is 1. The van der Waals surface area contributed by atoms with Crippen LogP contribution in [0.25, 0.3) is 0 Å². The molecule has 1 aromatic rings. The first kappa shape index (κ1) is 15.2. The van der Waals surface area contributed by atoms with Crippen molar-refractivity contribution in [1.82, 2.24) is 5.32 Å². The maximum absolute atomic E-state index is 12.2. The largest absolute Gasteiger partial charge is 0.490 e. The lowest BCUT2D eigenvalue weighted by molar-refractivity contribution is -0.0514. The van der Waals surface area contributed by atoms with Crippen LogP contribution in [0, 0.1) is 11.3 Å². The number of halogens is 2. The van der Waals surface area contributed by atoms with E-state index in [1.165, 1.54) is 6.07 Å². The number of nitriles is 1. The Hall–Kier alpha value is -1.87. The maximum atomic E-state index is 12.2. The number of hydrogen-bond acceptors (Lipinski definition) is 4. The Kier molecular flexibility index (Phi) is 6.61. The van der Waals surface area contributed by atoms with Gasteiger partial charge in [-0.25, -0.2) is 0 Å². The Morgan fingerprint density at radius 2 is 2.16 bits per heavy atom. The molecule has 1 aromatic carbocycles. The number of nitrogens with one attached hydrogen (secondary N) is 1. The molecule has 0 bridgehead atoms. The zero-order valence-corrected chi connectivity index (χ0v) is 10.7. The predicted octanol–water partition coefficient (Wildman–Crippen LogP) is 2.69. The second-order valence-electron chi connectivity index (χ2n) is 3.68. The van der Waals surface area contributed by atoms with Gasteiger partial charge in [-0.05, 0) is 24.6 Å². The Morgan fingerprint density at radius 3 is 2.79 bits per heavy atom. The van der Waals surface area contributed by atoms with E-state index in [2.05, 4.69) is 10.1 Å². The number of rotatable bonds is 8. The maximum Gasteiger partial charge on any atom is 0.387 e. The minimum absolute atomic E-state index is 0.0256. The predicted molar refractivity (Wildman–Crippen MR) is 66.2 cm³/mol. The summed E-state index contributed by atoms with van der Waals surface area (Å²) in [5.74, 6) is 0.319. The molecule has 0 aliphatic rings. The van der Waals surface area contributed by atoms with Gasteiger partial charge in [0.25, 0.3) is 0 Å². The lowest BCUT2D eigenvalue weighted by Crippen LogP contribution is -2.14. The molecule has 104 valence electrons. The summed E-state index contributed by atoms with van der Waals surface area (Å²) in [4.78, 5) is 0. The van der Waals surface area contributed by atoms with Crippen molar-refractivity contribution >= 4 is 0 Å². The van der Waals surface area contributed by atoms with Crippen molar-refractivity contribution in [2.45, 2.75) is 26.5 Å². The minimum Gasteiger partial charge on any atom is -0.490 e. The van der Waals surface area contributed by atoms with Crippen molar-refractivity contribution in [2.75, 3.05) is 13.2 Å². The Labute approximate surface area is 110 Å². The average Bonchev–Trinajstić information content (AvgIpc) is 2.37. The smallest absolute Gasteiger partial charge is 0.387 e. The van der Waals surface area contributed by atoms with Crippen LogP contribution in [0.3, 0.4) is 0 Å². The van der Waals surface area contributed by atoms with Gasteiger partial charge in [-0.3, -0.25) is 0 Å². The van der Waals surface area contributed by atoms with Gasteiger partial charge < -0.3 is 14.8 Å². The van der Waals surface area contributed by atoms with Crippen LogP contribution in [0.4, 0.5) is 8.78 Å². The van der Waals surface area contributed by atoms with E-state index in [0.29, 0.717) is 31.9 Å². The lowest BCUT2D eigenvalue weighted by atomic mass is 10.2. The van der Waals surface area contributed by atoms with Crippen molar-refractivity contribution in [1.29, 1.82) is 5.26 Å². The van der Waals surface area contributed by atoms with Gasteiger partial charge in [0, 0.05) is 19.5 Å². The van der Waals surface area contributed by atoms with E-state index < -0.39 is 6.61 Å². The number of nitrogens with zero attached hydrogens (tertiary/aromatic N) is 1. The van der Waals surface area contributed by atoms with Crippen LogP contribution in [0.15, 0.2) is 18.2 Å². The third kappa shape index (κ3) is 5.53. The molecule has 0 fully saturated rings. The van der Waals surface area contributed by atoms with Gasteiger partial charge in [-0.15, -0.1) is 0 Å². The van der Waals surface area contributed by atoms with Crippen molar-refractivity contribution in [3.63, 3.8) is 0 Å². The van der Waals surface area contributed by atoms with Crippen LogP contribution in [0.2, 0.25) is 0 Å². The molecule has 0 spiro atoms. The van der Waals surface area contributed by atoms with E-state index in [1.807, 2.05) is 6.07 Å². The molecule has 0 aliphatic heterocycles. The number of alkyl halides is 2. The molecule has 0 unspecified atom stereocenters. The van der Waals surface area contributed by atoms with E-state index >= 15 is 0 Å². The fourth-order valence-electron chi connectivity index (χ4n) is 1.50. The Bertz CT molecular complexity index is 433. The van der Waals surface area contributed by atoms with Crippen molar-refractivity contribution in [3.05, 3.63) is 23.8 Å². The summed E-state index contributed by atoms with van der Waals surface area (Å²) in [7, 11) is 0. The molecular weight excluding hydrogens is 254 g/mol. The van der Waals surface area contributed by atoms with E-state index in [1.54, 1.807) is 19.1 Å². The fourth-order valence-corrected chi connectivity index (χ4v) is 1.50. The van der Waals surface area contributed by atoms with E-state index in [-0.39, 0.29) is 5.75 Å². The van der Waals surface area contributed by atoms with Crippen LogP contribution in [-0.4, -0.2) is 19.8 Å². The highest BCUT2D eigenvalue weighted by Gasteiger charge is 2.11. The second-order valence-corrected chi connectivity index (χ2v) is 3.68. The van der Waals surface area contributed by atoms with Crippen molar-refractivity contribution in [3.8, 4) is 17.6 Å². The lowest BCUT2D eigenvalue weighted by Gasteiger charge is -2.13. The SMILES string of the molecule is CCOc1cc(CNCCC#N)ccc1OC(F)F. The van der Waals surface area contributed by atoms with Crippen LogP contribution < -0.4 is 14.8 Å².